The number of benzene rings is 1. The van der Waals surface area contributed by atoms with Crippen molar-refractivity contribution < 1.29 is 9.59 Å². The maximum Gasteiger partial charge on any atom is 0.277 e. The van der Waals surface area contributed by atoms with Gasteiger partial charge in [-0.3, -0.25) is 15.0 Å². The van der Waals surface area contributed by atoms with Crippen LogP contribution in [0.25, 0.3) is 0 Å². The van der Waals surface area contributed by atoms with Crippen LogP contribution in [-0.2, 0) is 9.59 Å². The van der Waals surface area contributed by atoms with Gasteiger partial charge in [-0.15, -0.1) is 0 Å². The van der Waals surface area contributed by atoms with Gasteiger partial charge in [-0.25, -0.2) is 0 Å². The van der Waals surface area contributed by atoms with Gasteiger partial charge in [-0.2, -0.15) is 5.10 Å². The lowest BCUT2D eigenvalue weighted by molar-refractivity contribution is -0.122. The van der Waals surface area contributed by atoms with Gasteiger partial charge in [0.1, 0.15) is 4.99 Å². The summed E-state index contributed by atoms with van der Waals surface area (Å²) < 4.78 is 0. The minimum absolute atomic E-state index is 0.0377. The SMILES string of the molecule is CC(=O)Nc1ccc(N/N=C(\C(=O)N2CCCC2)C(N)=S)cc1. The normalized spacial score (nSPS) is 14.5. The molecule has 0 saturated carbocycles. The van der Waals surface area contributed by atoms with Gasteiger partial charge in [0.05, 0.1) is 5.69 Å². The first-order valence-electron chi connectivity index (χ1n) is 7.28. The van der Waals surface area contributed by atoms with Crippen LogP contribution < -0.4 is 16.5 Å². The van der Waals surface area contributed by atoms with E-state index in [0.29, 0.717) is 24.5 Å². The zero-order chi connectivity index (χ0) is 16.8. The lowest BCUT2D eigenvalue weighted by Crippen LogP contribution is -2.40. The summed E-state index contributed by atoms with van der Waals surface area (Å²) in [6.07, 6.45) is 1.96. The third kappa shape index (κ3) is 4.75. The van der Waals surface area contributed by atoms with Crippen LogP contribution in [0.1, 0.15) is 19.8 Å². The monoisotopic (exact) mass is 333 g/mol. The second kappa shape index (κ2) is 7.68. The Labute approximate surface area is 139 Å². The Hall–Kier alpha value is -2.48. The molecule has 23 heavy (non-hydrogen) atoms. The summed E-state index contributed by atoms with van der Waals surface area (Å²) in [5.74, 6) is -0.395. The molecule has 1 saturated heterocycles. The first-order valence-corrected chi connectivity index (χ1v) is 7.68. The van der Waals surface area contributed by atoms with Crippen molar-refractivity contribution in [1.29, 1.82) is 0 Å². The van der Waals surface area contributed by atoms with Gasteiger partial charge in [0.2, 0.25) is 5.91 Å². The number of anilines is 2. The zero-order valence-corrected chi connectivity index (χ0v) is 13.7. The van der Waals surface area contributed by atoms with Crippen molar-refractivity contribution in [2.45, 2.75) is 19.8 Å². The molecule has 0 bridgehead atoms. The number of thiocarbonyl (C=S) groups is 1. The van der Waals surface area contributed by atoms with Crippen LogP contribution in [-0.4, -0.2) is 40.5 Å². The van der Waals surface area contributed by atoms with Crippen molar-refractivity contribution >= 4 is 46.1 Å². The number of likely N-dealkylation sites (tertiary alicyclic amines) is 1. The Kier molecular flexibility index (Phi) is 5.64. The number of nitrogens with two attached hydrogens (primary N) is 1. The third-order valence-electron chi connectivity index (χ3n) is 3.33. The van der Waals surface area contributed by atoms with Crippen LogP contribution in [0.5, 0.6) is 0 Å². The van der Waals surface area contributed by atoms with E-state index in [1.54, 1.807) is 29.2 Å². The molecule has 4 N–H and O–H groups in total. The molecule has 1 aromatic carbocycles. The highest BCUT2D eigenvalue weighted by atomic mass is 32.1. The fourth-order valence-electron chi connectivity index (χ4n) is 2.23. The highest BCUT2D eigenvalue weighted by molar-refractivity contribution is 7.82. The van der Waals surface area contributed by atoms with Crippen molar-refractivity contribution in [2.75, 3.05) is 23.8 Å². The molecule has 1 aromatic rings. The number of carbonyl (C=O) groups is 2. The second-order valence-corrected chi connectivity index (χ2v) is 5.63. The highest BCUT2D eigenvalue weighted by Crippen LogP contribution is 2.14. The predicted octanol–water partition coefficient (Wildman–Crippen LogP) is 1.32. The van der Waals surface area contributed by atoms with E-state index in [9.17, 15) is 9.59 Å². The topological polar surface area (TPSA) is 99.8 Å². The number of nitrogens with zero attached hydrogens (tertiary/aromatic N) is 2. The molecule has 122 valence electrons. The molecule has 1 aliphatic rings. The number of hydrogen-bond acceptors (Lipinski definition) is 5. The zero-order valence-electron chi connectivity index (χ0n) is 12.8. The maximum atomic E-state index is 12.3. The molecule has 1 heterocycles. The van der Waals surface area contributed by atoms with Crippen molar-refractivity contribution in [3.63, 3.8) is 0 Å². The van der Waals surface area contributed by atoms with Gasteiger partial charge < -0.3 is 16.0 Å². The second-order valence-electron chi connectivity index (χ2n) is 5.19. The van der Waals surface area contributed by atoms with E-state index >= 15 is 0 Å². The summed E-state index contributed by atoms with van der Waals surface area (Å²) in [5, 5.41) is 6.72. The Morgan fingerprint density at radius 1 is 1.17 bits per heavy atom. The number of nitrogens with one attached hydrogen (secondary N) is 2. The molecule has 0 atom stereocenters. The standard InChI is InChI=1S/C15H19N5O2S/c1-10(21)17-11-4-6-12(7-5-11)18-19-13(14(16)23)15(22)20-8-2-3-9-20/h4-7,18H,2-3,8-9H2,1H3,(H2,16,23)(H,17,21)/b19-13-. The Balaban J connectivity index is 2.06. The molecule has 2 amide bonds. The summed E-state index contributed by atoms with van der Waals surface area (Å²) in [4.78, 5) is 24.9. The summed E-state index contributed by atoms with van der Waals surface area (Å²) >= 11 is 4.92. The lowest BCUT2D eigenvalue weighted by Gasteiger charge is -2.16. The third-order valence-corrected chi connectivity index (χ3v) is 3.52. The Bertz CT molecular complexity index is 636. The molecule has 0 spiro atoms. The Morgan fingerprint density at radius 2 is 1.74 bits per heavy atom. The number of hydrogen-bond donors (Lipinski definition) is 3. The first-order chi connectivity index (χ1) is 11.0. The summed E-state index contributed by atoms with van der Waals surface area (Å²) in [5.41, 5.74) is 9.76. The van der Waals surface area contributed by atoms with Crippen molar-refractivity contribution in [3.05, 3.63) is 24.3 Å². The number of hydrazone groups is 1. The fraction of sp³-hybridized carbons (Fsp3) is 0.333. The van der Waals surface area contributed by atoms with Gasteiger partial charge in [0.25, 0.3) is 5.91 Å². The molecular formula is C15H19N5O2S. The molecule has 0 radical (unpaired) electrons. The van der Waals surface area contributed by atoms with Crippen LogP contribution in [0.3, 0.4) is 0 Å². The first kappa shape index (κ1) is 16.9. The minimum Gasteiger partial charge on any atom is -0.388 e. The molecule has 8 heteroatoms. The van der Waals surface area contributed by atoms with E-state index in [-0.39, 0.29) is 22.5 Å². The van der Waals surface area contributed by atoms with Gasteiger partial charge in [0, 0.05) is 25.7 Å². The quantitative estimate of drug-likeness (QED) is 0.429. The molecule has 1 fully saturated rings. The molecular weight excluding hydrogens is 314 g/mol. The Morgan fingerprint density at radius 3 is 2.26 bits per heavy atom. The van der Waals surface area contributed by atoms with Crippen LogP contribution in [0.15, 0.2) is 29.4 Å². The van der Waals surface area contributed by atoms with Crippen LogP contribution in [0.4, 0.5) is 11.4 Å². The van der Waals surface area contributed by atoms with E-state index in [4.69, 9.17) is 18.0 Å². The maximum absolute atomic E-state index is 12.3. The van der Waals surface area contributed by atoms with Gasteiger partial charge in [0.15, 0.2) is 5.71 Å². The molecule has 0 aliphatic carbocycles. The van der Waals surface area contributed by atoms with E-state index in [2.05, 4.69) is 15.8 Å². The molecule has 0 aromatic heterocycles. The van der Waals surface area contributed by atoms with Gasteiger partial charge in [-0.1, -0.05) is 12.2 Å². The van der Waals surface area contributed by atoms with E-state index < -0.39 is 0 Å². The van der Waals surface area contributed by atoms with E-state index in [0.717, 1.165) is 12.8 Å². The summed E-state index contributed by atoms with van der Waals surface area (Å²) in [6.45, 7) is 2.84. The molecule has 2 rings (SSSR count). The number of carbonyl (C=O) groups excluding carboxylic acids is 2. The van der Waals surface area contributed by atoms with Crippen LogP contribution >= 0.6 is 12.2 Å². The molecule has 7 nitrogen and oxygen atoms in total. The van der Waals surface area contributed by atoms with Crippen LogP contribution in [0.2, 0.25) is 0 Å². The highest BCUT2D eigenvalue weighted by Gasteiger charge is 2.24. The average molecular weight is 333 g/mol. The number of amides is 2. The smallest absolute Gasteiger partial charge is 0.277 e. The summed E-state index contributed by atoms with van der Waals surface area (Å²) in [7, 11) is 0. The van der Waals surface area contributed by atoms with Crippen molar-refractivity contribution in [3.8, 4) is 0 Å². The van der Waals surface area contributed by atoms with E-state index in [1.165, 1.54) is 6.92 Å². The minimum atomic E-state index is -0.252. The van der Waals surface area contributed by atoms with Gasteiger partial charge in [-0.05, 0) is 37.1 Å². The number of rotatable bonds is 5. The van der Waals surface area contributed by atoms with Crippen molar-refractivity contribution in [2.24, 2.45) is 10.8 Å². The van der Waals surface area contributed by atoms with Crippen LogP contribution in [0, 0.1) is 0 Å². The summed E-state index contributed by atoms with van der Waals surface area (Å²) in [6, 6.07) is 6.91. The predicted molar refractivity (Wildman–Crippen MR) is 94.4 cm³/mol. The lowest BCUT2D eigenvalue weighted by atomic mass is 10.3. The molecule has 0 unspecified atom stereocenters. The average Bonchev–Trinajstić information content (AvgIpc) is 3.02. The van der Waals surface area contributed by atoms with Gasteiger partial charge >= 0.3 is 0 Å². The largest absolute Gasteiger partial charge is 0.388 e. The van der Waals surface area contributed by atoms with E-state index in [1.807, 2.05) is 0 Å². The fourth-order valence-corrected chi connectivity index (χ4v) is 2.36. The molecule has 1 aliphatic heterocycles. The van der Waals surface area contributed by atoms with Crippen molar-refractivity contribution in [1.82, 2.24) is 4.90 Å².